The Balaban J connectivity index is 1.55. The number of carbonyl (C=O) groups excluding carboxylic acids is 1. The van der Waals surface area contributed by atoms with Crippen LogP contribution in [0.3, 0.4) is 0 Å². The lowest BCUT2D eigenvalue weighted by molar-refractivity contribution is 0.0633. The van der Waals surface area contributed by atoms with Crippen LogP contribution in [-0.4, -0.2) is 76.2 Å². The molecule has 0 aliphatic carbocycles. The molecule has 138 valence electrons. The van der Waals surface area contributed by atoms with E-state index in [0.29, 0.717) is 10.7 Å². The maximum atomic E-state index is 13.1. The average Bonchev–Trinajstić information content (AvgIpc) is 3.08. The predicted molar refractivity (Wildman–Crippen MR) is 97.9 cm³/mol. The number of hydrogen-bond acceptors (Lipinski definition) is 4. The van der Waals surface area contributed by atoms with Crippen molar-refractivity contribution in [2.24, 2.45) is 0 Å². The molecule has 2 fully saturated rings. The molecule has 7 heteroatoms. The van der Waals surface area contributed by atoms with Crippen molar-refractivity contribution in [3.8, 4) is 0 Å². The highest BCUT2D eigenvalue weighted by Crippen LogP contribution is 2.36. The molecule has 1 aromatic heterocycles. The minimum Gasteiger partial charge on any atom is -0.335 e. The number of aromatic nitrogens is 2. The largest absolute Gasteiger partial charge is 0.335 e. The first-order valence-corrected chi connectivity index (χ1v) is 9.82. The van der Waals surface area contributed by atoms with Gasteiger partial charge in [0, 0.05) is 38.3 Å². The number of carbonyl (C=O) groups is 1. The number of halogens is 1. The second-order valence-corrected chi connectivity index (χ2v) is 8.38. The number of nitrogens with zero attached hydrogens (tertiary/aromatic N) is 5. The van der Waals surface area contributed by atoms with E-state index in [9.17, 15) is 4.79 Å². The fourth-order valence-electron chi connectivity index (χ4n) is 4.70. The third kappa shape index (κ3) is 2.98. The number of likely N-dealkylation sites (N-methyl/N-ethyl adjacent to an activating group) is 1. The van der Waals surface area contributed by atoms with Crippen molar-refractivity contribution in [2.75, 3.05) is 40.3 Å². The second kappa shape index (κ2) is 6.56. The lowest BCUT2D eigenvalue weighted by atomic mass is 9.86. The van der Waals surface area contributed by atoms with Gasteiger partial charge in [0.1, 0.15) is 0 Å². The van der Waals surface area contributed by atoms with E-state index in [1.165, 1.54) is 19.3 Å². The first-order valence-electron chi connectivity index (χ1n) is 9.44. The molecular formula is C18H28ClN5O. The Labute approximate surface area is 154 Å². The normalized spacial score (nSPS) is 28.4. The van der Waals surface area contributed by atoms with Gasteiger partial charge in [-0.3, -0.25) is 14.4 Å². The van der Waals surface area contributed by atoms with Gasteiger partial charge >= 0.3 is 0 Å². The smallest absolute Gasteiger partial charge is 0.275 e. The summed E-state index contributed by atoms with van der Waals surface area (Å²) in [4.78, 5) is 19.8. The molecule has 0 radical (unpaired) electrons. The van der Waals surface area contributed by atoms with Crippen LogP contribution in [0.25, 0.3) is 0 Å². The van der Waals surface area contributed by atoms with Crippen molar-refractivity contribution in [3.63, 3.8) is 0 Å². The lowest BCUT2D eigenvalue weighted by Gasteiger charge is -2.42. The Kier molecular flexibility index (Phi) is 4.54. The average molecular weight is 366 g/mol. The predicted octanol–water partition coefficient (Wildman–Crippen LogP) is 2.07. The molecule has 1 aromatic rings. The third-order valence-corrected chi connectivity index (χ3v) is 6.74. The Morgan fingerprint density at radius 1 is 1.08 bits per heavy atom. The number of piperidine rings is 1. The van der Waals surface area contributed by atoms with E-state index in [1.807, 2.05) is 9.58 Å². The number of fused-ring (bicyclic) bond motifs is 1. The van der Waals surface area contributed by atoms with Gasteiger partial charge in [-0.1, -0.05) is 18.0 Å². The van der Waals surface area contributed by atoms with Crippen molar-refractivity contribution >= 4 is 17.5 Å². The van der Waals surface area contributed by atoms with Crippen LogP contribution in [0, 0.1) is 0 Å². The van der Waals surface area contributed by atoms with Crippen LogP contribution in [0.5, 0.6) is 0 Å². The maximum absolute atomic E-state index is 13.1. The summed E-state index contributed by atoms with van der Waals surface area (Å²) in [5.74, 6) is 0.00377. The fraction of sp³-hybridized carbons (Fsp3) is 0.778. The quantitative estimate of drug-likeness (QED) is 0.764. The number of amides is 1. The van der Waals surface area contributed by atoms with Crippen LogP contribution in [0.15, 0.2) is 0 Å². The lowest BCUT2D eigenvalue weighted by Crippen LogP contribution is -2.51. The number of likely N-dealkylation sites (tertiary alicyclic amines) is 2. The summed E-state index contributed by atoms with van der Waals surface area (Å²) >= 11 is 6.59. The van der Waals surface area contributed by atoms with Crippen molar-refractivity contribution in [3.05, 3.63) is 16.4 Å². The molecule has 3 aliphatic heterocycles. The van der Waals surface area contributed by atoms with Gasteiger partial charge in [-0.05, 0) is 46.3 Å². The monoisotopic (exact) mass is 365 g/mol. The molecule has 25 heavy (non-hydrogen) atoms. The summed E-state index contributed by atoms with van der Waals surface area (Å²) < 4.78 is 1.94. The molecular weight excluding hydrogens is 338 g/mol. The van der Waals surface area contributed by atoms with Crippen LogP contribution in [-0.2, 0) is 13.1 Å². The van der Waals surface area contributed by atoms with E-state index in [1.54, 1.807) is 0 Å². The summed E-state index contributed by atoms with van der Waals surface area (Å²) in [5, 5.41) is 5.15. The summed E-state index contributed by atoms with van der Waals surface area (Å²) in [6.07, 6.45) is 5.80. The summed E-state index contributed by atoms with van der Waals surface area (Å²) in [5.41, 5.74) is 1.59. The van der Waals surface area contributed by atoms with Gasteiger partial charge in [0.25, 0.3) is 5.91 Å². The van der Waals surface area contributed by atoms with E-state index in [-0.39, 0.29) is 11.4 Å². The van der Waals surface area contributed by atoms with Crippen LogP contribution in [0.1, 0.15) is 48.3 Å². The first kappa shape index (κ1) is 17.3. The molecule has 6 nitrogen and oxygen atoms in total. The van der Waals surface area contributed by atoms with Gasteiger partial charge in [-0.15, -0.1) is 0 Å². The van der Waals surface area contributed by atoms with Crippen LogP contribution < -0.4 is 0 Å². The van der Waals surface area contributed by atoms with Gasteiger partial charge in [-0.25, -0.2) is 0 Å². The van der Waals surface area contributed by atoms with Crippen molar-refractivity contribution < 1.29 is 4.79 Å². The van der Waals surface area contributed by atoms with Gasteiger partial charge < -0.3 is 9.80 Å². The zero-order chi connectivity index (χ0) is 17.6. The molecule has 1 amide bonds. The molecule has 2 saturated heterocycles. The second-order valence-electron chi connectivity index (χ2n) is 8.00. The molecule has 3 aliphatic rings. The Morgan fingerprint density at radius 2 is 1.92 bits per heavy atom. The van der Waals surface area contributed by atoms with Crippen LogP contribution >= 0.6 is 11.6 Å². The van der Waals surface area contributed by atoms with Crippen molar-refractivity contribution in [1.29, 1.82) is 0 Å². The van der Waals surface area contributed by atoms with Gasteiger partial charge in [0.2, 0.25) is 0 Å². The molecule has 4 heterocycles. The molecule has 4 rings (SSSR count). The van der Waals surface area contributed by atoms with Crippen molar-refractivity contribution in [2.45, 2.75) is 50.7 Å². The van der Waals surface area contributed by atoms with E-state index in [0.717, 1.165) is 57.8 Å². The zero-order valence-electron chi connectivity index (χ0n) is 15.3. The van der Waals surface area contributed by atoms with Crippen LogP contribution in [0.2, 0.25) is 5.02 Å². The van der Waals surface area contributed by atoms with Gasteiger partial charge in [0.05, 0.1) is 10.7 Å². The van der Waals surface area contributed by atoms with Crippen molar-refractivity contribution in [1.82, 2.24) is 24.5 Å². The van der Waals surface area contributed by atoms with Crippen LogP contribution in [0.4, 0.5) is 0 Å². The van der Waals surface area contributed by atoms with E-state index >= 15 is 0 Å². The third-order valence-electron chi connectivity index (χ3n) is 6.34. The fourth-order valence-corrected chi connectivity index (χ4v) is 4.97. The highest BCUT2D eigenvalue weighted by molar-refractivity contribution is 6.34. The Hall–Kier alpha value is -1.11. The van der Waals surface area contributed by atoms with E-state index < -0.39 is 0 Å². The highest BCUT2D eigenvalue weighted by Gasteiger charge is 2.44. The molecule has 1 atom stereocenters. The topological polar surface area (TPSA) is 44.6 Å². The Morgan fingerprint density at radius 3 is 2.72 bits per heavy atom. The summed E-state index contributed by atoms with van der Waals surface area (Å²) in [7, 11) is 4.29. The van der Waals surface area contributed by atoms with E-state index in [2.05, 4.69) is 29.0 Å². The first-order chi connectivity index (χ1) is 12.0. The summed E-state index contributed by atoms with van der Waals surface area (Å²) in [6.45, 7) is 5.37. The molecule has 0 saturated carbocycles. The molecule has 0 aromatic carbocycles. The number of rotatable bonds is 1. The Bertz CT molecular complexity index is 675. The summed E-state index contributed by atoms with van der Waals surface area (Å²) in [6, 6.07) is 0. The number of hydrogen-bond donors (Lipinski definition) is 0. The minimum atomic E-state index is 0.00377. The number of aryl methyl sites for hydroxylation is 1. The standard InChI is InChI=1S/C18H28ClN5O/c1-21-8-5-10-24-14(12-21)15(19)16(20-24)17(25)23-11-7-18(13-23)6-3-4-9-22(18)2/h3-13H2,1-2H3. The molecule has 0 N–H and O–H groups in total. The van der Waals surface area contributed by atoms with E-state index in [4.69, 9.17) is 11.6 Å². The molecule has 1 spiro atoms. The van der Waals surface area contributed by atoms with Gasteiger partial charge in [0.15, 0.2) is 5.69 Å². The van der Waals surface area contributed by atoms with Gasteiger partial charge in [-0.2, -0.15) is 5.10 Å². The zero-order valence-corrected chi connectivity index (χ0v) is 16.1. The minimum absolute atomic E-state index is 0.00377. The SMILES string of the molecule is CN1CCCn2nc(C(=O)N3CCC4(CCCCN4C)C3)c(Cl)c2C1. The highest BCUT2D eigenvalue weighted by atomic mass is 35.5. The maximum Gasteiger partial charge on any atom is 0.275 e. The molecule has 1 unspecified atom stereocenters. The molecule has 0 bridgehead atoms.